The zero-order valence-electron chi connectivity index (χ0n) is 19.7. The van der Waals surface area contributed by atoms with Crippen LogP contribution in [0.4, 0.5) is 0 Å². The van der Waals surface area contributed by atoms with Gasteiger partial charge in [-0.2, -0.15) is 0 Å². The minimum atomic E-state index is -1.96. The Morgan fingerprint density at radius 3 is 2.24 bits per heavy atom. The van der Waals surface area contributed by atoms with Gasteiger partial charge in [-0.3, -0.25) is 0 Å². The van der Waals surface area contributed by atoms with Crippen LogP contribution >= 0.6 is 6.04 Å². The summed E-state index contributed by atoms with van der Waals surface area (Å²) in [7, 11) is 0. The van der Waals surface area contributed by atoms with E-state index in [4.69, 9.17) is 21.5 Å². The molecule has 0 spiro atoms. The fraction of sp³-hybridized carbons (Fsp3) is 0.300. The van der Waals surface area contributed by atoms with Crippen LogP contribution in [0.2, 0.25) is 0 Å². The summed E-state index contributed by atoms with van der Waals surface area (Å²) in [6, 6.07) is 30.6. The van der Waals surface area contributed by atoms with Gasteiger partial charge < -0.3 is 4.74 Å². The van der Waals surface area contributed by atoms with E-state index in [0.29, 0.717) is 12.5 Å². The summed E-state index contributed by atoms with van der Waals surface area (Å²) in [5.41, 5.74) is 5.63. The van der Waals surface area contributed by atoms with Crippen LogP contribution in [0.5, 0.6) is 0 Å². The highest BCUT2D eigenvalue weighted by Gasteiger charge is 2.64. The van der Waals surface area contributed by atoms with E-state index in [0.717, 1.165) is 18.5 Å². The first-order valence-electron chi connectivity index (χ1n) is 12.2. The fourth-order valence-corrected chi connectivity index (χ4v) is 13.6. The van der Waals surface area contributed by atoms with Crippen LogP contribution in [0.3, 0.4) is 0 Å². The first-order valence-corrected chi connectivity index (χ1v) is 15.2. The molecule has 172 valence electrons. The lowest BCUT2D eigenvalue weighted by Gasteiger charge is -2.39. The molecule has 3 aliphatic rings. The first-order chi connectivity index (χ1) is 16.5. The van der Waals surface area contributed by atoms with Crippen molar-refractivity contribution in [1.29, 1.82) is 0 Å². The molecule has 5 atom stereocenters. The molecule has 1 fully saturated rings. The maximum atomic E-state index is 6.76. The summed E-state index contributed by atoms with van der Waals surface area (Å²) in [5, 5.41) is 1.43. The van der Waals surface area contributed by atoms with E-state index in [2.05, 4.69) is 105 Å². The predicted molar refractivity (Wildman–Crippen MR) is 147 cm³/mol. The minimum Gasteiger partial charge on any atom is -0.478 e. The van der Waals surface area contributed by atoms with Crippen LogP contribution in [-0.2, 0) is 23.0 Å². The van der Waals surface area contributed by atoms with Gasteiger partial charge >= 0.3 is 0 Å². The number of allylic oxidation sites excluding steroid dienone is 1. The van der Waals surface area contributed by atoms with Gasteiger partial charge in [0.05, 0.1) is 11.7 Å². The molecule has 6 rings (SSSR count). The average Bonchev–Trinajstić information content (AvgIpc) is 3.46. The van der Waals surface area contributed by atoms with Crippen LogP contribution in [0, 0.1) is 5.41 Å². The van der Waals surface area contributed by atoms with Crippen molar-refractivity contribution in [3.8, 4) is 0 Å². The molecule has 0 amide bonds. The molecule has 0 unspecified atom stereocenters. The molecule has 34 heavy (non-hydrogen) atoms. The summed E-state index contributed by atoms with van der Waals surface area (Å²) in [6.45, 7) is 5.42. The van der Waals surface area contributed by atoms with Gasteiger partial charge in [0.1, 0.15) is 6.61 Å². The monoisotopic (exact) mass is 483 g/mol. The average molecular weight is 484 g/mol. The number of benzene rings is 3. The number of ether oxygens (including phenoxy) is 1. The lowest BCUT2D eigenvalue weighted by atomic mass is 9.68. The van der Waals surface area contributed by atoms with Gasteiger partial charge in [-0.05, 0) is 47.5 Å². The van der Waals surface area contributed by atoms with Crippen LogP contribution in [-0.4, -0.2) is 30.4 Å². The van der Waals surface area contributed by atoms with Crippen LogP contribution in [0.1, 0.15) is 36.5 Å². The molecule has 4 heteroatoms. The number of hydrogen-bond acceptors (Lipinski definition) is 3. The van der Waals surface area contributed by atoms with Crippen molar-refractivity contribution in [1.82, 2.24) is 0 Å². The van der Waals surface area contributed by atoms with Gasteiger partial charge in [0.25, 0.3) is 0 Å². The highest BCUT2D eigenvalue weighted by atomic mass is 32.4. The zero-order valence-corrected chi connectivity index (χ0v) is 21.4. The topological polar surface area (TPSA) is 21.6 Å². The van der Waals surface area contributed by atoms with E-state index in [-0.39, 0.29) is 17.1 Å². The third-order valence-corrected chi connectivity index (χ3v) is 13.6. The van der Waals surface area contributed by atoms with Crippen molar-refractivity contribution in [2.45, 2.75) is 37.9 Å². The van der Waals surface area contributed by atoms with Gasteiger partial charge in [-0.25, -0.2) is 4.99 Å². The van der Waals surface area contributed by atoms with Gasteiger partial charge in [-0.1, -0.05) is 115 Å². The standard InChI is InChI=1S/C30H30NOPS/c1-21-27(24-16-10-5-11-17-24)33(34)20-30(21,2)26(23-14-8-4-9-15-23)28(33)29-31-25(19-32-29)18-22-12-6-3-7-13-22/h3-17,25-26,28H,18-20H2,1-2H3/t25-,26-,28-,30-,33+/m0/s1. The van der Waals surface area contributed by atoms with E-state index < -0.39 is 6.04 Å². The number of fused-ring (bicyclic) bond motifs is 2. The van der Waals surface area contributed by atoms with Gasteiger partial charge in [0.15, 0.2) is 5.90 Å². The highest BCUT2D eigenvalue weighted by molar-refractivity contribution is 8.20. The molecule has 1 saturated heterocycles. The van der Waals surface area contributed by atoms with Crippen molar-refractivity contribution in [3.05, 3.63) is 113 Å². The first kappa shape index (κ1) is 22.0. The number of rotatable bonds is 5. The SMILES string of the molecule is CC1=C(c2ccccc2)[P@]2(=S)C[C@]1(C)[C@@H](c1ccccc1)[C@H]2C1=N[C@@H](Cc2ccccc2)CO1. The quantitative estimate of drug-likeness (QED) is 0.360. The minimum absolute atomic E-state index is 0.0239. The van der Waals surface area contributed by atoms with E-state index in [1.807, 2.05) is 0 Å². The van der Waals surface area contributed by atoms with E-state index >= 15 is 0 Å². The molecule has 3 heterocycles. The van der Waals surface area contributed by atoms with E-state index in [1.54, 1.807) is 0 Å². The number of nitrogens with zero attached hydrogens (tertiary/aromatic N) is 1. The van der Waals surface area contributed by atoms with Crippen molar-refractivity contribution in [2.24, 2.45) is 10.4 Å². The van der Waals surface area contributed by atoms with Crippen molar-refractivity contribution < 1.29 is 4.74 Å². The lowest BCUT2D eigenvalue weighted by Crippen LogP contribution is -2.35. The Balaban J connectivity index is 1.46. The predicted octanol–water partition coefficient (Wildman–Crippen LogP) is 7.12. The summed E-state index contributed by atoms with van der Waals surface area (Å²) >= 11 is 6.76. The molecular formula is C30H30NOPS. The van der Waals surface area contributed by atoms with Crippen molar-refractivity contribution in [2.75, 3.05) is 12.8 Å². The van der Waals surface area contributed by atoms with E-state index in [9.17, 15) is 0 Å². The maximum absolute atomic E-state index is 6.76. The summed E-state index contributed by atoms with van der Waals surface area (Å²) in [5.74, 6) is 1.23. The molecule has 3 aliphatic heterocycles. The summed E-state index contributed by atoms with van der Waals surface area (Å²) in [6.07, 6.45) is 1.97. The molecule has 0 aromatic heterocycles. The zero-order chi connectivity index (χ0) is 23.3. The normalized spacial score (nSPS) is 32.1. The fourth-order valence-electron chi connectivity index (χ4n) is 6.55. The van der Waals surface area contributed by atoms with Crippen LogP contribution in [0.15, 0.2) is 102 Å². The summed E-state index contributed by atoms with van der Waals surface area (Å²) in [4.78, 5) is 5.22. The molecule has 3 aromatic rings. The summed E-state index contributed by atoms with van der Waals surface area (Å²) < 4.78 is 6.44. The number of hydrogen-bond donors (Lipinski definition) is 0. The molecular weight excluding hydrogens is 453 g/mol. The second kappa shape index (κ2) is 8.33. The van der Waals surface area contributed by atoms with Gasteiger partial charge in [0, 0.05) is 11.3 Å². The van der Waals surface area contributed by atoms with Gasteiger partial charge in [0.2, 0.25) is 0 Å². The van der Waals surface area contributed by atoms with Crippen LogP contribution in [0.25, 0.3) is 5.31 Å². The Bertz CT molecular complexity index is 1320. The Labute approximate surface area is 207 Å². The Hall–Kier alpha value is -2.48. The van der Waals surface area contributed by atoms with Gasteiger partial charge in [-0.15, -0.1) is 0 Å². The smallest absolute Gasteiger partial charge is 0.193 e. The molecule has 0 aliphatic carbocycles. The Morgan fingerprint density at radius 1 is 0.941 bits per heavy atom. The van der Waals surface area contributed by atoms with Crippen molar-refractivity contribution in [3.63, 3.8) is 0 Å². The maximum Gasteiger partial charge on any atom is 0.193 e. The number of aliphatic imine (C=N–C) groups is 1. The lowest BCUT2D eigenvalue weighted by molar-refractivity contribution is 0.298. The molecule has 2 nitrogen and oxygen atoms in total. The molecule has 0 saturated carbocycles. The Morgan fingerprint density at radius 2 is 1.56 bits per heavy atom. The molecule has 0 radical (unpaired) electrons. The van der Waals surface area contributed by atoms with Crippen LogP contribution < -0.4 is 0 Å². The second-order valence-electron chi connectivity index (χ2n) is 10.2. The molecule has 0 N–H and O–H groups in total. The largest absolute Gasteiger partial charge is 0.478 e. The second-order valence-corrected chi connectivity index (χ2v) is 15.0. The molecule has 3 aromatic carbocycles. The van der Waals surface area contributed by atoms with E-state index in [1.165, 1.54) is 27.6 Å². The highest BCUT2D eigenvalue weighted by Crippen LogP contribution is 2.83. The van der Waals surface area contributed by atoms with Crippen molar-refractivity contribution >= 4 is 29.1 Å². The molecule has 2 bridgehead atoms. The Kier molecular flexibility index (Phi) is 5.39. The third kappa shape index (κ3) is 3.36. The third-order valence-electron chi connectivity index (χ3n) is 8.11.